The molecule has 0 bridgehead atoms. The molecule has 0 atom stereocenters. The second-order valence-electron chi connectivity index (χ2n) is 4.41. The maximum absolute atomic E-state index is 5.72. The summed E-state index contributed by atoms with van der Waals surface area (Å²) in [6.45, 7) is 4.27. The quantitative estimate of drug-likeness (QED) is 0.911. The Morgan fingerprint density at radius 3 is 2.61 bits per heavy atom. The van der Waals surface area contributed by atoms with Gasteiger partial charge in [0.1, 0.15) is 5.75 Å². The van der Waals surface area contributed by atoms with Crippen molar-refractivity contribution in [3.8, 4) is 17.0 Å². The van der Waals surface area contributed by atoms with E-state index in [2.05, 4.69) is 46.0 Å². The first-order chi connectivity index (χ1) is 8.54. The largest absolute Gasteiger partial charge is 0.496 e. The highest BCUT2D eigenvalue weighted by Gasteiger charge is 2.13. The first-order valence-electron chi connectivity index (χ1n) is 5.72. The number of anilines is 1. The molecule has 0 unspecified atom stereocenters. The zero-order chi connectivity index (χ0) is 13.3. The molecule has 0 radical (unpaired) electrons. The molecule has 96 valence electrons. The summed E-state index contributed by atoms with van der Waals surface area (Å²) in [5.41, 5.74) is 8.80. The van der Waals surface area contributed by atoms with Crippen LogP contribution in [0.15, 0.2) is 22.7 Å². The molecule has 0 saturated heterocycles. The van der Waals surface area contributed by atoms with E-state index in [0.29, 0.717) is 11.7 Å². The number of aromatic nitrogens is 2. The van der Waals surface area contributed by atoms with Crippen molar-refractivity contribution in [3.05, 3.63) is 28.2 Å². The van der Waals surface area contributed by atoms with Crippen LogP contribution in [0.1, 0.15) is 25.3 Å². The van der Waals surface area contributed by atoms with E-state index < -0.39 is 0 Å². The first kappa shape index (κ1) is 13.0. The van der Waals surface area contributed by atoms with E-state index in [4.69, 9.17) is 10.5 Å². The molecule has 0 spiro atoms. The zero-order valence-electron chi connectivity index (χ0n) is 10.6. The molecule has 0 saturated carbocycles. The van der Waals surface area contributed by atoms with Crippen molar-refractivity contribution >= 4 is 21.7 Å². The van der Waals surface area contributed by atoms with Crippen molar-refractivity contribution in [3.63, 3.8) is 0 Å². The molecule has 1 aromatic carbocycles. The maximum Gasteiger partial charge on any atom is 0.160 e. The summed E-state index contributed by atoms with van der Waals surface area (Å²) in [5, 5.41) is 6.92. The zero-order valence-corrected chi connectivity index (χ0v) is 12.2. The maximum atomic E-state index is 5.72. The summed E-state index contributed by atoms with van der Waals surface area (Å²) in [6.07, 6.45) is 0. The summed E-state index contributed by atoms with van der Waals surface area (Å²) in [4.78, 5) is 0. The predicted octanol–water partition coefficient (Wildman–Crippen LogP) is 3.55. The van der Waals surface area contributed by atoms with Gasteiger partial charge in [0.05, 0.1) is 17.3 Å². The third kappa shape index (κ3) is 2.22. The fraction of sp³-hybridized carbons (Fsp3) is 0.308. The minimum Gasteiger partial charge on any atom is -0.496 e. The Morgan fingerprint density at radius 1 is 1.39 bits per heavy atom. The Bertz CT molecular complexity index is 563. The topological polar surface area (TPSA) is 63.9 Å². The van der Waals surface area contributed by atoms with Crippen LogP contribution in [0, 0.1) is 0 Å². The van der Waals surface area contributed by atoms with Crippen LogP contribution >= 0.6 is 15.9 Å². The molecule has 2 aromatic rings. The molecule has 0 aliphatic rings. The molecule has 1 heterocycles. The third-order valence-corrected chi connectivity index (χ3v) is 3.68. The predicted molar refractivity (Wildman–Crippen MR) is 76.8 cm³/mol. The second kappa shape index (κ2) is 5.02. The summed E-state index contributed by atoms with van der Waals surface area (Å²) in [7, 11) is 1.69. The van der Waals surface area contributed by atoms with E-state index in [1.165, 1.54) is 0 Å². The van der Waals surface area contributed by atoms with Crippen LogP contribution in [0.25, 0.3) is 11.3 Å². The summed E-state index contributed by atoms with van der Waals surface area (Å²) < 4.78 is 6.16. The molecule has 0 aliphatic heterocycles. The van der Waals surface area contributed by atoms with Crippen molar-refractivity contribution < 1.29 is 4.74 Å². The number of hydrogen-bond donors (Lipinski definition) is 2. The average Bonchev–Trinajstić information content (AvgIpc) is 2.69. The normalized spacial score (nSPS) is 10.9. The van der Waals surface area contributed by atoms with Crippen LogP contribution in [-0.2, 0) is 0 Å². The van der Waals surface area contributed by atoms with Crippen LogP contribution in [0.5, 0.6) is 5.75 Å². The van der Waals surface area contributed by atoms with Gasteiger partial charge in [0.25, 0.3) is 0 Å². The van der Waals surface area contributed by atoms with Gasteiger partial charge in [0.15, 0.2) is 5.82 Å². The molecular weight excluding hydrogens is 294 g/mol. The Balaban J connectivity index is 2.53. The van der Waals surface area contributed by atoms with E-state index in [9.17, 15) is 0 Å². The van der Waals surface area contributed by atoms with Gasteiger partial charge in [0.2, 0.25) is 0 Å². The van der Waals surface area contributed by atoms with Gasteiger partial charge in [-0.2, -0.15) is 5.10 Å². The average molecular weight is 310 g/mol. The summed E-state index contributed by atoms with van der Waals surface area (Å²) in [6, 6.07) is 6.05. The lowest BCUT2D eigenvalue weighted by Crippen LogP contribution is -1.95. The molecule has 3 N–H and O–H groups in total. The van der Waals surface area contributed by atoms with E-state index >= 15 is 0 Å². The van der Waals surface area contributed by atoms with Crippen LogP contribution in [0.2, 0.25) is 0 Å². The van der Waals surface area contributed by atoms with Crippen molar-refractivity contribution in [2.45, 2.75) is 19.8 Å². The Labute approximate surface area is 115 Å². The number of nitrogens with two attached hydrogens (primary N) is 1. The summed E-state index contributed by atoms with van der Waals surface area (Å²) >= 11 is 3.43. The SMILES string of the molecule is COc1ccc(-c2[nH]nc(N)c2Br)cc1C(C)C. The third-order valence-electron chi connectivity index (χ3n) is 2.87. The van der Waals surface area contributed by atoms with Crippen LogP contribution in [-0.4, -0.2) is 17.3 Å². The fourth-order valence-corrected chi connectivity index (χ4v) is 2.28. The monoisotopic (exact) mass is 309 g/mol. The van der Waals surface area contributed by atoms with E-state index in [-0.39, 0.29) is 0 Å². The standard InChI is InChI=1S/C13H16BrN3O/c1-7(2)9-6-8(4-5-10(9)18-3)12-11(14)13(15)17-16-12/h4-7H,1-3H3,(H3,15,16,17). The molecule has 0 aliphatic carbocycles. The van der Waals surface area contributed by atoms with Crippen LogP contribution < -0.4 is 10.5 Å². The van der Waals surface area contributed by atoms with Gasteiger partial charge < -0.3 is 10.5 Å². The molecule has 5 heteroatoms. The van der Waals surface area contributed by atoms with Crippen molar-refractivity contribution in [1.29, 1.82) is 0 Å². The van der Waals surface area contributed by atoms with E-state index in [1.54, 1.807) is 7.11 Å². The molecular formula is C13H16BrN3O. The number of ether oxygens (including phenoxy) is 1. The van der Waals surface area contributed by atoms with E-state index in [1.807, 2.05) is 12.1 Å². The Hall–Kier alpha value is -1.49. The number of methoxy groups -OCH3 is 1. The minimum atomic E-state index is 0.388. The van der Waals surface area contributed by atoms with Gasteiger partial charge in [0, 0.05) is 5.56 Å². The van der Waals surface area contributed by atoms with Crippen LogP contribution in [0.3, 0.4) is 0 Å². The van der Waals surface area contributed by atoms with Gasteiger partial charge in [-0.3, -0.25) is 5.10 Å². The smallest absolute Gasteiger partial charge is 0.160 e. The van der Waals surface area contributed by atoms with Gasteiger partial charge in [-0.15, -0.1) is 0 Å². The number of benzene rings is 1. The van der Waals surface area contributed by atoms with Crippen molar-refractivity contribution in [2.75, 3.05) is 12.8 Å². The lowest BCUT2D eigenvalue weighted by Gasteiger charge is -2.13. The molecule has 1 aromatic heterocycles. The van der Waals surface area contributed by atoms with Crippen LogP contribution in [0.4, 0.5) is 5.82 Å². The first-order valence-corrected chi connectivity index (χ1v) is 6.51. The number of rotatable bonds is 3. The number of aromatic amines is 1. The molecule has 0 fully saturated rings. The lowest BCUT2D eigenvalue weighted by molar-refractivity contribution is 0.407. The molecule has 0 amide bonds. The number of nitrogen functional groups attached to an aromatic ring is 1. The molecule has 18 heavy (non-hydrogen) atoms. The highest BCUT2D eigenvalue weighted by molar-refractivity contribution is 9.10. The number of halogens is 1. The fourth-order valence-electron chi connectivity index (χ4n) is 1.87. The number of hydrogen-bond acceptors (Lipinski definition) is 3. The minimum absolute atomic E-state index is 0.388. The Morgan fingerprint density at radius 2 is 2.11 bits per heavy atom. The lowest BCUT2D eigenvalue weighted by atomic mass is 9.98. The number of nitrogens with zero attached hydrogens (tertiary/aromatic N) is 1. The van der Waals surface area contributed by atoms with Crippen molar-refractivity contribution in [1.82, 2.24) is 10.2 Å². The van der Waals surface area contributed by atoms with Gasteiger partial charge in [-0.1, -0.05) is 13.8 Å². The van der Waals surface area contributed by atoms with Crippen molar-refractivity contribution in [2.24, 2.45) is 0 Å². The van der Waals surface area contributed by atoms with Gasteiger partial charge in [-0.05, 0) is 45.6 Å². The van der Waals surface area contributed by atoms with Gasteiger partial charge in [-0.25, -0.2) is 0 Å². The van der Waals surface area contributed by atoms with E-state index in [0.717, 1.165) is 27.0 Å². The molecule has 2 rings (SSSR count). The van der Waals surface area contributed by atoms with Gasteiger partial charge >= 0.3 is 0 Å². The highest BCUT2D eigenvalue weighted by atomic mass is 79.9. The molecule has 4 nitrogen and oxygen atoms in total. The second-order valence-corrected chi connectivity index (χ2v) is 5.20. The highest BCUT2D eigenvalue weighted by Crippen LogP contribution is 2.35. The Kier molecular flexibility index (Phi) is 3.61. The number of nitrogens with one attached hydrogen (secondary N) is 1. The number of H-pyrrole nitrogens is 1. The summed E-state index contributed by atoms with van der Waals surface area (Å²) in [5.74, 6) is 1.75.